The summed E-state index contributed by atoms with van der Waals surface area (Å²) in [7, 11) is 1.65. The smallest absolute Gasteiger partial charge is 0.229 e. The minimum Gasteiger partial charge on any atom is -0.496 e. The molecular formula is C19H24N2O4. The van der Waals surface area contributed by atoms with E-state index in [0.717, 1.165) is 37.1 Å². The van der Waals surface area contributed by atoms with Crippen LogP contribution in [-0.2, 0) is 20.8 Å². The molecule has 0 aliphatic carbocycles. The van der Waals surface area contributed by atoms with Gasteiger partial charge in [0.1, 0.15) is 5.75 Å². The number of carbonyl (C=O) groups is 3. The summed E-state index contributed by atoms with van der Waals surface area (Å²) in [5.74, 6) is 0.537. The fraction of sp³-hybridized carbons (Fsp3) is 0.526. The number of amides is 3. The predicted octanol–water partition coefficient (Wildman–Crippen LogP) is 1.77. The van der Waals surface area contributed by atoms with Gasteiger partial charge in [0.25, 0.3) is 0 Å². The molecule has 2 aliphatic heterocycles. The van der Waals surface area contributed by atoms with Gasteiger partial charge in [-0.3, -0.25) is 19.3 Å². The van der Waals surface area contributed by atoms with Gasteiger partial charge in [0.15, 0.2) is 0 Å². The summed E-state index contributed by atoms with van der Waals surface area (Å²) >= 11 is 0. The molecule has 0 spiro atoms. The highest BCUT2D eigenvalue weighted by molar-refractivity contribution is 6.02. The predicted molar refractivity (Wildman–Crippen MR) is 92.0 cm³/mol. The third kappa shape index (κ3) is 3.83. The maximum Gasteiger partial charge on any atom is 0.229 e. The van der Waals surface area contributed by atoms with Crippen LogP contribution in [0.15, 0.2) is 24.3 Å². The van der Waals surface area contributed by atoms with Crippen LogP contribution in [0.1, 0.15) is 37.7 Å². The number of para-hydroxylation sites is 1. The van der Waals surface area contributed by atoms with Crippen LogP contribution in [0.4, 0.5) is 0 Å². The molecule has 1 atom stereocenters. The van der Waals surface area contributed by atoms with E-state index in [1.807, 2.05) is 29.2 Å². The number of nitrogens with zero attached hydrogens (tertiary/aromatic N) is 2. The third-order valence-electron chi connectivity index (χ3n) is 5.05. The molecule has 6 heteroatoms. The van der Waals surface area contributed by atoms with E-state index in [9.17, 15) is 14.4 Å². The first-order valence-corrected chi connectivity index (χ1v) is 8.84. The molecule has 2 heterocycles. The Morgan fingerprint density at radius 1 is 1.20 bits per heavy atom. The molecule has 134 valence electrons. The standard InChI is InChI=1S/C19H24N2O4/c1-25-16-7-3-2-5-14(16)13-15-6-4-11-20(15)19(24)10-12-21-17(22)8-9-18(21)23/h2-3,5,7,15H,4,6,8-13H2,1H3. The fourth-order valence-electron chi connectivity index (χ4n) is 3.73. The molecule has 1 aromatic carbocycles. The summed E-state index contributed by atoms with van der Waals surface area (Å²) in [5, 5.41) is 0. The average Bonchev–Trinajstić information content (AvgIpc) is 3.20. The molecule has 0 saturated carbocycles. The van der Waals surface area contributed by atoms with Crippen molar-refractivity contribution in [3.05, 3.63) is 29.8 Å². The Hall–Kier alpha value is -2.37. The monoisotopic (exact) mass is 344 g/mol. The normalized spacial score (nSPS) is 20.4. The van der Waals surface area contributed by atoms with Crippen molar-refractivity contribution in [3.8, 4) is 5.75 Å². The lowest BCUT2D eigenvalue weighted by Gasteiger charge is -2.26. The Kier molecular flexibility index (Phi) is 5.36. The number of carbonyl (C=O) groups excluding carboxylic acids is 3. The lowest BCUT2D eigenvalue weighted by molar-refractivity contribution is -0.139. The summed E-state index contributed by atoms with van der Waals surface area (Å²) in [6, 6.07) is 8.02. The Labute approximate surface area is 147 Å². The molecule has 0 radical (unpaired) electrons. The summed E-state index contributed by atoms with van der Waals surface area (Å²) in [5.41, 5.74) is 1.10. The van der Waals surface area contributed by atoms with Crippen LogP contribution in [0.25, 0.3) is 0 Å². The van der Waals surface area contributed by atoms with Crippen molar-refractivity contribution < 1.29 is 19.1 Å². The van der Waals surface area contributed by atoms with Crippen molar-refractivity contribution in [2.45, 2.75) is 44.6 Å². The summed E-state index contributed by atoms with van der Waals surface area (Å²) in [6.07, 6.45) is 3.45. The van der Waals surface area contributed by atoms with Gasteiger partial charge in [0, 0.05) is 38.4 Å². The molecule has 0 bridgehead atoms. The Bertz CT molecular complexity index is 657. The molecule has 3 amide bonds. The summed E-state index contributed by atoms with van der Waals surface area (Å²) < 4.78 is 5.40. The van der Waals surface area contributed by atoms with E-state index in [2.05, 4.69) is 0 Å². The Morgan fingerprint density at radius 2 is 1.92 bits per heavy atom. The van der Waals surface area contributed by atoms with E-state index in [0.29, 0.717) is 0 Å². The molecule has 0 aromatic heterocycles. The number of ether oxygens (including phenoxy) is 1. The summed E-state index contributed by atoms with van der Waals surface area (Å²) in [6.45, 7) is 0.939. The lowest BCUT2D eigenvalue weighted by Crippen LogP contribution is -2.39. The van der Waals surface area contributed by atoms with Crippen molar-refractivity contribution in [2.24, 2.45) is 0 Å². The number of hydrogen-bond donors (Lipinski definition) is 0. The van der Waals surface area contributed by atoms with Gasteiger partial charge in [-0.15, -0.1) is 0 Å². The second-order valence-corrected chi connectivity index (χ2v) is 6.59. The van der Waals surface area contributed by atoms with Crippen LogP contribution in [0, 0.1) is 0 Å². The number of imide groups is 1. The van der Waals surface area contributed by atoms with Crippen molar-refractivity contribution >= 4 is 17.7 Å². The molecular weight excluding hydrogens is 320 g/mol. The number of hydrogen-bond acceptors (Lipinski definition) is 4. The lowest BCUT2D eigenvalue weighted by atomic mass is 10.0. The molecule has 1 aromatic rings. The Morgan fingerprint density at radius 3 is 2.64 bits per heavy atom. The zero-order chi connectivity index (χ0) is 17.8. The topological polar surface area (TPSA) is 66.9 Å². The maximum atomic E-state index is 12.6. The van der Waals surface area contributed by atoms with Gasteiger partial charge in [-0.1, -0.05) is 18.2 Å². The van der Waals surface area contributed by atoms with Gasteiger partial charge in [-0.25, -0.2) is 0 Å². The highest BCUT2D eigenvalue weighted by Gasteiger charge is 2.32. The van der Waals surface area contributed by atoms with Crippen LogP contribution >= 0.6 is 0 Å². The zero-order valence-electron chi connectivity index (χ0n) is 14.6. The van der Waals surface area contributed by atoms with E-state index < -0.39 is 0 Å². The second-order valence-electron chi connectivity index (χ2n) is 6.59. The molecule has 6 nitrogen and oxygen atoms in total. The van der Waals surface area contributed by atoms with Crippen LogP contribution in [-0.4, -0.2) is 53.8 Å². The van der Waals surface area contributed by atoms with Crippen LogP contribution < -0.4 is 4.74 Å². The van der Waals surface area contributed by atoms with E-state index >= 15 is 0 Å². The number of likely N-dealkylation sites (tertiary alicyclic amines) is 2. The first-order valence-electron chi connectivity index (χ1n) is 8.84. The average molecular weight is 344 g/mol. The van der Waals surface area contributed by atoms with Crippen molar-refractivity contribution in [1.82, 2.24) is 9.80 Å². The summed E-state index contributed by atoms with van der Waals surface area (Å²) in [4.78, 5) is 39.1. The minimum atomic E-state index is -0.162. The molecule has 2 saturated heterocycles. The SMILES string of the molecule is COc1ccccc1CC1CCCN1C(=O)CCN1C(=O)CCC1=O. The molecule has 25 heavy (non-hydrogen) atoms. The molecule has 3 rings (SSSR count). The fourth-order valence-corrected chi connectivity index (χ4v) is 3.73. The highest BCUT2D eigenvalue weighted by atomic mass is 16.5. The van der Waals surface area contributed by atoms with E-state index in [1.165, 1.54) is 4.90 Å². The van der Waals surface area contributed by atoms with E-state index in [4.69, 9.17) is 4.74 Å². The maximum absolute atomic E-state index is 12.6. The number of rotatable bonds is 6. The largest absolute Gasteiger partial charge is 0.496 e. The van der Waals surface area contributed by atoms with E-state index in [1.54, 1.807) is 7.11 Å². The Balaban J connectivity index is 1.60. The number of benzene rings is 1. The van der Waals surface area contributed by atoms with Crippen LogP contribution in [0.2, 0.25) is 0 Å². The molecule has 2 fully saturated rings. The third-order valence-corrected chi connectivity index (χ3v) is 5.05. The van der Waals surface area contributed by atoms with Gasteiger partial charge in [-0.2, -0.15) is 0 Å². The number of methoxy groups -OCH3 is 1. The van der Waals surface area contributed by atoms with Gasteiger partial charge < -0.3 is 9.64 Å². The van der Waals surface area contributed by atoms with Crippen LogP contribution in [0.3, 0.4) is 0 Å². The van der Waals surface area contributed by atoms with Gasteiger partial charge in [0.2, 0.25) is 17.7 Å². The van der Waals surface area contributed by atoms with Gasteiger partial charge >= 0.3 is 0 Å². The quantitative estimate of drug-likeness (QED) is 0.738. The van der Waals surface area contributed by atoms with Gasteiger partial charge in [0.05, 0.1) is 7.11 Å². The zero-order valence-corrected chi connectivity index (χ0v) is 14.6. The van der Waals surface area contributed by atoms with Gasteiger partial charge in [-0.05, 0) is 30.9 Å². The van der Waals surface area contributed by atoms with Crippen molar-refractivity contribution in [3.63, 3.8) is 0 Å². The molecule has 0 N–H and O–H groups in total. The minimum absolute atomic E-state index is 0.0184. The van der Waals surface area contributed by atoms with Crippen molar-refractivity contribution in [1.29, 1.82) is 0 Å². The first-order chi connectivity index (χ1) is 12.1. The van der Waals surface area contributed by atoms with Crippen LogP contribution in [0.5, 0.6) is 5.75 Å². The molecule has 1 unspecified atom stereocenters. The van der Waals surface area contributed by atoms with E-state index in [-0.39, 0.29) is 49.6 Å². The van der Waals surface area contributed by atoms with Crippen molar-refractivity contribution in [2.75, 3.05) is 20.2 Å². The first kappa shape index (κ1) is 17.5. The second kappa shape index (κ2) is 7.68. The molecule has 2 aliphatic rings. The highest BCUT2D eigenvalue weighted by Crippen LogP contribution is 2.26.